The Kier molecular flexibility index (Phi) is 13.1. The molecule has 0 radical (unpaired) electrons. The molecule has 1 amide bonds. The van der Waals surface area contributed by atoms with E-state index in [1.54, 1.807) is 61.8 Å². The topological polar surface area (TPSA) is 122 Å². The predicted molar refractivity (Wildman–Crippen MR) is 178 cm³/mol. The summed E-state index contributed by atoms with van der Waals surface area (Å²) in [4.78, 5) is 29.3. The summed E-state index contributed by atoms with van der Waals surface area (Å²) in [6.45, 7) is 0.204. The highest BCUT2D eigenvalue weighted by molar-refractivity contribution is 9.10. The molecule has 3 N–H and O–H groups in total. The molecule has 9 nitrogen and oxygen atoms in total. The number of benzene rings is 3. The average molecular weight is 707 g/mol. The first-order valence-corrected chi connectivity index (χ1v) is 14.6. The van der Waals surface area contributed by atoms with E-state index in [2.05, 4.69) is 26.2 Å². The zero-order valence-corrected chi connectivity index (χ0v) is 27.2. The Balaban J connectivity index is 0.00000264. The molecule has 0 aliphatic heterocycles. The summed E-state index contributed by atoms with van der Waals surface area (Å²) in [5.74, 6) is 1.48. The quantitative estimate of drug-likeness (QED) is 0.154. The van der Waals surface area contributed by atoms with Crippen LogP contribution in [-0.4, -0.2) is 42.7 Å². The molecule has 3 aromatic carbocycles. The van der Waals surface area contributed by atoms with Gasteiger partial charge in [-0.15, -0.1) is 24.8 Å². The highest BCUT2D eigenvalue weighted by Crippen LogP contribution is 2.41. The van der Waals surface area contributed by atoms with Gasteiger partial charge in [-0.2, -0.15) is 0 Å². The molecule has 1 aliphatic rings. The summed E-state index contributed by atoms with van der Waals surface area (Å²) >= 11 is 3.54. The summed E-state index contributed by atoms with van der Waals surface area (Å²) in [6, 6.07) is 18.9. The van der Waals surface area contributed by atoms with Crippen molar-refractivity contribution in [3.63, 3.8) is 0 Å². The number of hydrogen-bond acceptors (Lipinski definition) is 8. The standard InChI is InChI=1S/C32H32BrN3O6.2ClH/c1-39-28-17-24-27(18-29(28)40-16-15-26(34)32(38)42-22-9-5-6-10-22)35-19-25(33)30(24)41-23-13-11-21(12-14-23)36-31(37)20-7-3-2-4-8-20;;/h2-4,7-8,11-14,17-19,22,26H,5-6,9-10,15-16,34H2,1H3,(H,36,37);2*1H/t26-;;/m0../s1. The molecule has 4 aromatic rings. The first kappa shape index (κ1) is 34.9. The minimum absolute atomic E-state index is 0. The highest BCUT2D eigenvalue weighted by atomic mass is 79.9. The van der Waals surface area contributed by atoms with E-state index in [9.17, 15) is 9.59 Å². The van der Waals surface area contributed by atoms with Crippen molar-refractivity contribution in [1.82, 2.24) is 4.98 Å². The fourth-order valence-corrected chi connectivity index (χ4v) is 5.11. The van der Waals surface area contributed by atoms with Crippen molar-refractivity contribution in [3.8, 4) is 23.0 Å². The van der Waals surface area contributed by atoms with Gasteiger partial charge in [0.2, 0.25) is 0 Å². The van der Waals surface area contributed by atoms with Crippen LogP contribution in [0.1, 0.15) is 42.5 Å². The molecule has 0 bridgehead atoms. The molecule has 0 unspecified atom stereocenters. The van der Waals surface area contributed by atoms with Gasteiger partial charge in [0.25, 0.3) is 5.91 Å². The normalized spacial score (nSPS) is 13.2. The molecule has 0 spiro atoms. The van der Waals surface area contributed by atoms with Gasteiger partial charge in [-0.1, -0.05) is 18.2 Å². The van der Waals surface area contributed by atoms with Crippen molar-refractivity contribution in [2.75, 3.05) is 19.0 Å². The molecular weight excluding hydrogens is 673 g/mol. The summed E-state index contributed by atoms with van der Waals surface area (Å²) < 4.78 is 23.9. The fourth-order valence-electron chi connectivity index (χ4n) is 4.72. The molecule has 234 valence electrons. The minimum Gasteiger partial charge on any atom is -0.493 e. The third-order valence-electron chi connectivity index (χ3n) is 7.00. The Hall–Kier alpha value is -3.57. The first-order valence-electron chi connectivity index (χ1n) is 13.8. The molecular formula is C32H34BrCl2N3O6. The average Bonchev–Trinajstić information content (AvgIpc) is 3.52. The number of carbonyl (C=O) groups is 2. The Bertz CT molecular complexity index is 1550. The van der Waals surface area contributed by atoms with E-state index in [1.165, 1.54) is 0 Å². The maximum absolute atomic E-state index is 12.5. The number of nitrogens with two attached hydrogens (primary N) is 1. The lowest BCUT2D eigenvalue weighted by atomic mass is 10.1. The van der Waals surface area contributed by atoms with E-state index >= 15 is 0 Å². The number of anilines is 1. The van der Waals surface area contributed by atoms with Gasteiger partial charge in [0.15, 0.2) is 17.2 Å². The van der Waals surface area contributed by atoms with Crippen LogP contribution in [0.5, 0.6) is 23.0 Å². The van der Waals surface area contributed by atoms with Crippen LogP contribution in [-0.2, 0) is 9.53 Å². The number of aromatic nitrogens is 1. The molecule has 44 heavy (non-hydrogen) atoms. The second-order valence-electron chi connectivity index (χ2n) is 9.99. The molecule has 1 aromatic heterocycles. The summed E-state index contributed by atoms with van der Waals surface area (Å²) in [7, 11) is 1.55. The van der Waals surface area contributed by atoms with Crippen LogP contribution in [0.3, 0.4) is 0 Å². The van der Waals surface area contributed by atoms with Crippen LogP contribution < -0.4 is 25.3 Å². The number of halogens is 3. The highest BCUT2D eigenvalue weighted by Gasteiger charge is 2.23. The summed E-state index contributed by atoms with van der Waals surface area (Å²) in [5.41, 5.74) is 7.89. The van der Waals surface area contributed by atoms with Gasteiger partial charge in [0, 0.05) is 35.3 Å². The van der Waals surface area contributed by atoms with Crippen LogP contribution >= 0.6 is 40.7 Å². The number of rotatable bonds is 11. The van der Waals surface area contributed by atoms with Gasteiger partial charge in [-0.25, -0.2) is 0 Å². The molecule has 12 heteroatoms. The van der Waals surface area contributed by atoms with E-state index in [0.29, 0.717) is 56.0 Å². The number of fused-ring (bicyclic) bond motifs is 1. The molecule has 1 atom stereocenters. The molecule has 5 rings (SSSR count). The Morgan fingerprint density at radius 1 is 1.02 bits per heavy atom. The second kappa shape index (κ2) is 16.5. The molecule has 1 heterocycles. The zero-order chi connectivity index (χ0) is 29.5. The molecule has 1 aliphatic carbocycles. The van der Waals surface area contributed by atoms with Gasteiger partial charge in [-0.05, 0) is 84.1 Å². The monoisotopic (exact) mass is 705 g/mol. The summed E-state index contributed by atoms with van der Waals surface area (Å²) in [6.07, 6.45) is 5.89. The Labute approximate surface area is 276 Å². The third-order valence-corrected chi connectivity index (χ3v) is 7.57. The Morgan fingerprint density at radius 2 is 1.73 bits per heavy atom. The second-order valence-corrected chi connectivity index (χ2v) is 10.8. The van der Waals surface area contributed by atoms with Crippen molar-refractivity contribution < 1.29 is 28.5 Å². The van der Waals surface area contributed by atoms with Crippen LogP contribution in [0.2, 0.25) is 0 Å². The number of nitrogens with one attached hydrogen (secondary N) is 1. The van der Waals surface area contributed by atoms with Gasteiger partial charge in [0.05, 0.1) is 23.7 Å². The number of carbonyl (C=O) groups excluding carboxylic acids is 2. The first-order chi connectivity index (χ1) is 20.4. The van der Waals surface area contributed by atoms with E-state index in [-0.39, 0.29) is 43.4 Å². The SMILES string of the molecule is COc1cc2c(Oc3ccc(NC(=O)c4ccccc4)cc3)c(Br)cnc2cc1OCC[C@H](N)C(=O)OC1CCCC1.Cl.Cl. The van der Waals surface area contributed by atoms with Crippen molar-refractivity contribution in [3.05, 3.63) is 83.0 Å². The molecule has 1 fully saturated rings. The zero-order valence-electron chi connectivity index (χ0n) is 24.0. The maximum Gasteiger partial charge on any atom is 0.323 e. The van der Waals surface area contributed by atoms with Crippen molar-refractivity contribution in [1.29, 1.82) is 0 Å². The van der Waals surface area contributed by atoms with Gasteiger partial charge < -0.3 is 30.0 Å². The lowest BCUT2D eigenvalue weighted by molar-refractivity contribution is -0.150. The van der Waals surface area contributed by atoms with Crippen molar-refractivity contribution in [2.45, 2.75) is 44.2 Å². The van der Waals surface area contributed by atoms with Crippen LogP contribution in [0, 0.1) is 0 Å². The van der Waals surface area contributed by atoms with E-state index in [1.807, 2.05) is 18.2 Å². The van der Waals surface area contributed by atoms with Gasteiger partial charge >= 0.3 is 5.97 Å². The van der Waals surface area contributed by atoms with Crippen LogP contribution in [0.25, 0.3) is 10.9 Å². The third kappa shape index (κ3) is 8.75. The number of esters is 1. The van der Waals surface area contributed by atoms with E-state index < -0.39 is 12.0 Å². The van der Waals surface area contributed by atoms with Crippen LogP contribution in [0.4, 0.5) is 5.69 Å². The number of ether oxygens (including phenoxy) is 4. The number of methoxy groups -OCH3 is 1. The van der Waals surface area contributed by atoms with Crippen molar-refractivity contribution >= 4 is 69.2 Å². The van der Waals surface area contributed by atoms with Crippen molar-refractivity contribution in [2.24, 2.45) is 5.73 Å². The fraction of sp³-hybridized carbons (Fsp3) is 0.281. The number of pyridine rings is 1. The largest absolute Gasteiger partial charge is 0.493 e. The van der Waals surface area contributed by atoms with Crippen LogP contribution in [0.15, 0.2) is 77.4 Å². The molecule has 1 saturated carbocycles. The van der Waals surface area contributed by atoms with E-state index in [0.717, 1.165) is 25.7 Å². The smallest absolute Gasteiger partial charge is 0.323 e. The minimum atomic E-state index is -0.760. The number of nitrogens with zero attached hydrogens (tertiary/aromatic N) is 1. The number of amides is 1. The van der Waals surface area contributed by atoms with Gasteiger partial charge in [0.1, 0.15) is 17.9 Å². The van der Waals surface area contributed by atoms with E-state index in [4.69, 9.17) is 24.7 Å². The lowest BCUT2D eigenvalue weighted by Crippen LogP contribution is -2.35. The predicted octanol–water partition coefficient (Wildman–Crippen LogP) is 7.48. The Morgan fingerprint density at radius 3 is 2.41 bits per heavy atom. The van der Waals surface area contributed by atoms with Gasteiger partial charge in [-0.3, -0.25) is 14.6 Å². The summed E-state index contributed by atoms with van der Waals surface area (Å²) in [5, 5.41) is 3.58. The lowest BCUT2D eigenvalue weighted by Gasteiger charge is -2.17. The maximum atomic E-state index is 12.5. The molecule has 0 saturated heterocycles. The number of hydrogen-bond donors (Lipinski definition) is 2.